The molecule has 0 aromatic heterocycles. The third kappa shape index (κ3) is 6.92. The van der Waals surface area contributed by atoms with Crippen LogP contribution in [0.25, 0.3) is 0 Å². The van der Waals surface area contributed by atoms with Crippen molar-refractivity contribution in [2.24, 2.45) is 0 Å². The number of aliphatic carboxylic acids is 1. The largest absolute Gasteiger partial charge is 0.480 e. The van der Waals surface area contributed by atoms with Gasteiger partial charge in [-0.15, -0.1) is 0 Å². The molecule has 0 bridgehead atoms. The third-order valence-corrected chi connectivity index (χ3v) is 3.44. The van der Waals surface area contributed by atoms with Crippen LogP contribution < -0.4 is 5.32 Å². The van der Waals surface area contributed by atoms with Crippen LogP contribution in [0.1, 0.15) is 60.8 Å². The van der Waals surface area contributed by atoms with E-state index in [9.17, 15) is 9.90 Å². The van der Waals surface area contributed by atoms with Gasteiger partial charge >= 0.3 is 5.97 Å². The Morgan fingerprint density at radius 2 is 1.84 bits per heavy atom. The smallest absolute Gasteiger partial charge is 0.323 e. The highest BCUT2D eigenvalue weighted by Crippen LogP contribution is 2.15. The molecule has 0 aromatic carbocycles. The number of rotatable bonds is 10. The van der Waals surface area contributed by atoms with Crippen molar-refractivity contribution >= 4 is 5.97 Å². The number of carbonyl (C=O) groups is 1. The van der Waals surface area contributed by atoms with Crippen LogP contribution in [0.5, 0.6) is 0 Å². The van der Waals surface area contributed by atoms with Crippen LogP contribution >= 0.6 is 0 Å². The molecule has 0 aliphatic carbocycles. The van der Waals surface area contributed by atoms with Gasteiger partial charge in [0.15, 0.2) is 0 Å². The Bertz CT molecular complexity index is 267. The van der Waals surface area contributed by atoms with Gasteiger partial charge in [0.1, 0.15) is 5.54 Å². The van der Waals surface area contributed by atoms with Crippen molar-refractivity contribution in [3.05, 3.63) is 0 Å². The van der Waals surface area contributed by atoms with Gasteiger partial charge in [-0.25, -0.2) is 0 Å². The maximum Gasteiger partial charge on any atom is 0.323 e. The quantitative estimate of drug-likeness (QED) is 0.642. The fourth-order valence-electron chi connectivity index (χ4n) is 2.43. The standard InChI is InChI=1S/C15H32N2O2/c1-7-10-17(13(4)5)11-8-9-15(6,14(18)19)16-12(2)3/h12-13,16H,7-11H2,1-6H3,(H,18,19). The summed E-state index contributed by atoms with van der Waals surface area (Å²) in [5.41, 5.74) is -0.816. The summed E-state index contributed by atoms with van der Waals surface area (Å²) in [6, 6.07) is 0.701. The van der Waals surface area contributed by atoms with E-state index < -0.39 is 11.5 Å². The molecule has 0 radical (unpaired) electrons. The Labute approximate surface area is 118 Å². The number of hydrogen-bond donors (Lipinski definition) is 2. The molecule has 0 aliphatic heterocycles. The Morgan fingerprint density at radius 1 is 1.26 bits per heavy atom. The molecule has 1 atom stereocenters. The van der Waals surface area contributed by atoms with E-state index in [2.05, 4.69) is 31.0 Å². The molecule has 0 spiro atoms. The normalized spacial score (nSPS) is 15.2. The molecule has 0 aliphatic rings. The summed E-state index contributed by atoms with van der Waals surface area (Å²) in [7, 11) is 0. The molecule has 0 rings (SSSR count). The number of carboxylic acids is 1. The molecule has 0 heterocycles. The molecule has 0 amide bonds. The number of carboxylic acid groups (broad SMARTS) is 1. The minimum atomic E-state index is -0.816. The SMILES string of the molecule is CCCN(CCCC(C)(NC(C)C)C(=O)O)C(C)C. The van der Waals surface area contributed by atoms with Crippen molar-refractivity contribution in [2.45, 2.75) is 78.4 Å². The second-order valence-corrected chi connectivity index (χ2v) is 6.17. The highest BCUT2D eigenvalue weighted by molar-refractivity contribution is 5.78. The highest BCUT2D eigenvalue weighted by Gasteiger charge is 2.32. The van der Waals surface area contributed by atoms with E-state index in [1.807, 2.05) is 13.8 Å². The lowest BCUT2D eigenvalue weighted by molar-refractivity contribution is -0.144. The van der Waals surface area contributed by atoms with Crippen LogP contribution in [0.4, 0.5) is 0 Å². The van der Waals surface area contributed by atoms with Gasteiger partial charge in [-0.3, -0.25) is 10.1 Å². The van der Waals surface area contributed by atoms with E-state index in [0.29, 0.717) is 12.5 Å². The van der Waals surface area contributed by atoms with Crippen LogP contribution in [-0.2, 0) is 4.79 Å². The fraction of sp³-hybridized carbons (Fsp3) is 0.933. The second kappa shape index (κ2) is 8.54. The van der Waals surface area contributed by atoms with Crippen LogP contribution in [-0.4, -0.2) is 46.7 Å². The molecular formula is C15H32N2O2. The summed E-state index contributed by atoms with van der Waals surface area (Å²) >= 11 is 0. The van der Waals surface area contributed by atoms with E-state index in [4.69, 9.17) is 0 Å². The minimum absolute atomic E-state index is 0.179. The van der Waals surface area contributed by atoms with Crippen molar-refractivity contribution in [1.82, 2.24) is 10.2 Å². The Kier molecular flexibility index (Phi) is 8.26. The second-order valence-electron chi connectivity index (χ2n) is 6.17. The fourth-order valence-corrected chi connectivity index (χ4v) is 2.43. The zero-order valence-corrected chi connectivity index (χ0v) is 13.5. The van der Waals surface area contributed by atoms with Gasteiger partial charge in [0.25, 0.3) is 0 Å². The zero-order valence-electron chi connectivity index (χ0n) is 13.5. The summed E-state index contributed by atoms with van der Waals surface area (Å²) in [6.45, 7) is 14.4. The maximum atomic E-state index is 11.4. The van der Waals surface area contributed by atoms with Crippen LogP contribution in [0.2, 0.25) is 0 Å². The van der Waals surface area contributed by atoms with E-state index >= 15 is 0 Å². The molecule has 114 valence electrons. The van der Waals surface area contributed by atoms with E-state index in [-0.39, 0.29) is 6.04 Å². The summed E-state index contributed by atoms with van der Waals surface area (Å²) in [4.78, 5) is 13.8. The summed E-state index contributed by atoms with van der Waals surface area (Å²) < 4.78 is 0. The third-order valence-electron chi connectivity index (χ3n) is 3.44. The first-order valence-corrected chi connectivity index (χ1v) is 7.48. The van der Waals surface area contributed by atoms with Crippen molar-refractivity contribution in [1.29, 1.82) is 0 Å². The first-order valence-electron chi connectivity index (χ1n) is 7.48. The molecule has 0 saturated carbocycles. The van der Waals surface area contributed by atoms with Gasteiger partial charge in [-0.05, 0) is 67.0 Å². The predicted molar refractivity (Wildman–Crippen MR) is 80.5 cm³/mol. The first-order chi connectivity index (χ1) is 8.73. The lowest BCUT2D eigenvalue weighted by atomic mass is 9.94. The average Bonchev–Trinajstić information content (AvgIpc) is 2.26. The molecule has 0 aromatic rings. The molecule has 4 heteroatoms. The zero-order chi connectivity index (χ0) is 15.1. The number of hydrogen-bond acceptors (Lipinski definition) is 3. The minimum Gasteiger partial charge on any atom is -0.480 e. The lowest BCUT2D eigenvalue weighted by Crippen LogP contribution is -2.52. The van der Waals surface area contributed by atoms with Gasteiger partial charge < -0.3 is 10.0 Å². The highest BCUT2D eigenvalue weighted by atomic mass is 16.4. The summed E-state index contributed by atoms with van der Waals surface area (Å²) in [5.74, 6) is -0.757. The molecule has 4 nitrogen and oxygen atoms in total. The van der Waals surface area contributed by atoms with E-state index in [1.54, 1.807) is 6.92 Å². The average molecular weight is 272 g/mol. The summed E-state index contributed by atoms with van der Waals surface area (Å²) in [5, 5.41) is 12.6. The van der Waals surface area contributed by atoms with E-state index in [0.717, 1.165) is 25.9 Å². The predicted octanol–water partition coefficient (Wildman–Crippen LogP) is 2.73. The van der Waals surface area contributed by atoms with Crippen LogP contribution in [0.3, 0.4) is 0 Å². The van der Waals surface area contributed by atoms with Gasteiger partial charge in [-0.2, -0.15) is 0 Å². The molecule has 2 N–H and O–H groups in total. The Balaban J connectivity index is 4.36. The lowest BCUT2D eigenvalue weighted by Gasteiger charge is -2.31. The summed E-state index contributed by atoms with van der Waals surface area (Å²) in [6.07, 6.45) is 2.70. The molecular weight excluding hydrogens is 240 g/mol. The van der Waals surface area contributed by atoms with Gasteiger partial charge in [0.05, 0.1) is 0 Å². The number of nitrogens with one attached hydrogen (secondary N) is 1. The van der Waals surface area contributed by atoms with Crippen LogP contribution in [0.15, 0.2) is 0 Å². The van der Waals surface area contributed by atoms with Gasteiger partial charge in [-0.1, -0.05) is 6.92 Å². The van der Waals surface area contributed by atoms with Crippen molar-refractivity contribution < 1.29 is 9.90 Å². The number of nitrogens with zero attached hydrogens (tertiary/aromatic N) is 1. The van der Waals surface area contributed by atoms with Gasteiger partial charge in [0.2, 0.25) is 0 Å². The van der Waals surface area contributed by atoms with Crippen molar-refractivity contribution in [2.75, 3.05) is 13.1 Å². The first kappa shape index (κ1) is 18.4. The van der Waals surface area contributed by atoms with Gasteiger partial charge in [0, 0.05) is 12.1 Å². The monoisotopic (exact) mass is 272 g/mol. The molecule has 1 unspecified atom stereocenters. The maximum absolute atomic E-state index is 11.4. The molecule has 19 heavy (non-hydrogen) atoms. The van der Waals surface area contributed by atoms with Crippen molar-refractivity contribution in [3.63, 3.8) is 0 Å². The van der Waals surface area contributed by atoms with Crippen LogP contribution in [0, 0.1) is 0 Å². The molecule has 0 fully saturated rings. The Hall–Kier alpha value is -0.610. The topological polar surface area (TPSA) is 52.6 Å². The van der Waals surface area contributed by atoms with E-state index in [1.165, 1.54) is 0 Å². The molecule has 0 saturated heterocycles. The van der Waals surface area contributed by atoms with Crippen molar-refractivity contribution in [3.8, 4) is 0 Å². The Morgan fingerprint density at radius 3 is 2.21 bits per heavy atom.